The first-order chi connectivity index (χ1) is 15.7. The topological polar surface area (TPSA) is 150 Å². The Morgan fingerprint density at radius 1 is 1.00 bits per heavy atom. The summed E-state index contributed by atoms with van der Waals surface area (Å²) >= 11 is 0. The Balaban J connectivity index is 1.55. The number of rotatable bonds is 6. The first kappa shape index (κ1) is 21.7. The first-order valence-electron chi connectivity index (χ1n) is 9.34. The molecule has 0 saturated heterocycles. The Bertz CT molecular complexity index is 1270. The molecule has 0 saturated carbocycles. The highest BCUT2D eigenvalue weighted by molar-refractivity contribution is 5.67. The van der Waals surface area contributed by atoms with Crippen molar-refractivity contribution in [3.05, 3.63) is 54.1 Å². The SMILES string of the molecule is COc1cc(Oc2cc(N)nc(N)n2)ccc1-c1nnc(Nc2cccc(C(F)(F)F)c2)[nH]1. The molecule has 0 spiro atoms. The molecular formula is C20H17F3N8O2. The van der Waals surface area contributed by atoms with Crippen molar-refractivity contribution in [1.82, 2.24) is 25.1 Å². The fourth-order valence-corrected chi connectivity index (χ4v) is 2.91. The van der Waals surface area contributed by atoms with E-state index in [1.807, 2.05) is 0 Å². The van der Waals surface area contributed by atoms with Crippen LogP contribution in [-0.4, -0.2) is 32.3 Å². The van der Waals surface area contributed by atoms with E-state index in [2.05, 4.69) is 30.5 Å². The zero-order valence-corrected chi connectivity index (χ0v) is 17.0. The number of nitrogens with zero attached hydrogens (tertiary/aromatic N) is 4. The van der Waals surface area contributed by atoms with Crippen LogP contribution in [0.15, 0.2) is 48.5 Å². The summed E-state index contributed by atoms with van der Waals surface area (Å²) in [6, 6.07) is 11.0. The number of nitrogens with two attached hydrogens (primary N) is 2. The van der Waals surface area contributed by atoms with Gasteiger partial charge in [0.05, 0.1) is 18.2 Å². The minimum atomic E-state index is -4.45. The molecule has 10 nitrogen and oxygen atoms in total. The van der Waals surface area contributed by atoms with Gasteiger partial charge in [-0.3, -0.25) is 0 Å². The van der Waals surface area contributed by atoms with E-state index < -0.39 is 11.7 Å². The number of nitrogen functional groups attached to an aromatic ring is 2. The molecule has 0 fully saturated rings. The molecule has 170 valence electrons. The predicted molar refractivity (Wildman–Crippen MR) is 114 cm³/mol. The third-order valence-electron chi connectivity index (χ3n) is 4.33. The highest BCUT2D eigenvalue weighted by Gasteiger charge is 2.30. The van der Waals surface area contributed by atoms with Crippen molar-refractivity contribution in [2.45, 2.75) is 6.18 Å². The van der Waals surface area contributed by atoms with Crippen molar-refractivity contribution >= 4 is 23.4 Å². The number of anilines is 4. The standard InChI is InChI=1S/C20H17F3N8O2/c1-32-14-8-12(33-16-9-15(24)27-18(25)28-16)5-6-13(14)17-29-19(31-30-17)26-11-4-2-3-10(7-11)20(21,22)23/h2-9H,1H3,(H4,24,25,27,28)(H2,26,29,30,31). The highest BCUT2D eigenvalue weighted by atomic mass is 19.4. The molecule has 2 aromatic carbocycles. The van der Waals surface area contributed by atoms with Gasteiger partial charge in [0.2, 0.25) is 17.8 Å². The number of halogens is 3. The number of methoxy groups -OCH3 is 1. The number of hydrogen-bond donors (Lipinski definition) is 4. The van der Waals surface area contributed by atoms with E-state index in [1.165, 1.54) is 25.3 Å². The van der Waals surface area contributed by atoms with Crippen LogP contribution < -0.4 is 26.3 Å². The molecule has 0 aliphatic heterocycles. The van der Waals surface area contributed by atoms with Gasteiger partial charge >= 0.3 is 6.18 Å². The summed E-state index contributed by atoms with van der Waals surface area (Å²) in [6.45, 7) is 0. The van der Waals surface area contributed by atoms with Gasteiger partial charge in [0, 0.05) is 17.8 Å². The molecule has 4 aromatic rings. The maximum Gasteiger partial charge on any atom is 0.416 e. The summed E-state index contributed by atoms with van der Waals surface area (Å²) in [7, 11) is 1.46. The van der Waals surface area contributed by atoms with E-state index in [0.29, 0.717) is 22.9 Å². The van der Waals surface area contributed by atoms with E-state index in [0.717, 1.165) is 12.1 Å². The summed E-state index contributed by atoms with van der Waals surface area (Å²) in [5.74, 6) is 1.53. The molecule has 0 bridgehead atoms. The van der Waals surface area contributed by atoms with Crippen LogP contribution >= 0.6 is 0 Å². The van der Waals surface area contributed by atoms with Crippen LogP contribution in [0.3, 0.4) is 0 Å². The van der Waals surface area contributed by atoms with Crippen LogP contribution in [0.5, 0.6) is 17.4 Å². The number of nitrogens with one attached hydrogen (secondary N) is 2. The number of aromatic nitrogens is 5. The van der Waals surface area contributed by atoms with Crippen LogP contribution in [0.25, 0.3) is 11.4 Å². The number of ether oxygens (including phenoxy) is 2. The summed E-state index contributed by atoms with van der Waals surface area (Å²) in [5.41, 5.74) is 11.2. The fourth-order valence-electron chi connectivity index (χ4n) is 2.91. The van der Waals surface area contributed by atoms with Crippen LogP contribution in [0, 0.1) is 0 Å². The molecule has 0 aliphatic carbocycles. The number of aromatic amines is 1. The Labute approximate surface area is 184 Å². The van der Waals surface area contributed by atoms with Crippen molar-refractivity contribution in [1.29, 1.82) is 0 Å². The van der Waals surface area contributed by atoms with Gasteiger partial charge in [-0.1, -0.05) is 6.07 Å². The van der Waals surface area contributed by atoms with E-state index in [9.17, 15) is 13.2 Å². The number of H-pyrrole nitrogens is 1. The molecular weight excluding hydrogens is 441 g/mol. The lowest BCUT2D eigenvalue weighted by Crippen LogP contribution is -2.05. The smallest absolute Gasteiger partial charge is 0.416 e. The lowest BCUT2D eigenvalue weighted by Gasteiger charge is -2.10. The molecule has 2 aromatic heterocycles. The Morgan fingerprint density at radius 2 is 1.82 bits per heavy atom. The molecule has 6 N–H and O–H groups in total. The minimum Gasteiger partial charge on any atom is -0.496 e. The summed E-state index contributed by atoms with van der Waals surface area (Å²) < 4.78 is 49.8. The lowest BCUT2D eigenvalue weighted by atomic mass is 10.2. The lowest BCUT2D eigenvalue weighted by molar-refractivity contribution is -0.137. The van der Waals surface area contributed by atoms with Crippen molar-refractivity contribution in [3.8, 4) is 28.8 Å². The third-order valence-corrected chi connectivity index (χ3v) is 4.33. The highest BCUT2D eigenvalue weighted by Crippen LogP contribution is 2.34. The van der Waals surface area contributed by atoms with Crippen molar-refractivity contribution < 1.29 is 22.6 Å². The molecule has 0 radical (unpaired) electrons. The first-order valence-corrected chi connectivity index (χ1v) is 9.34. The van der Waals surface area contributed by atoms with Crippen LogP contribution in [-0.2, 0) is 6.18 Å². The van der Waals surface area contributed by atoms with E-state index in [1.54, 1.807) is 18.2 Å². The van der Waals surface area contributed by atoms with Crippen LogP contribution in [0.1, 0.15) is 5.56 Å². The zero-order valence-electron chi connectivity index (χ0n) is 17.0. The van der Waals surface area contributed by atoms with Crippen molar-refractivity contribution in [2.24, 2.45) is 0 Å². The Kier molecular flexibility index (Phi) is 5.60. The van der Waals surface area contributed by atoms with Gasteiger partial charge < -0.3 is 31.2 Å². The molecule has 2 heterocycles. The Morgan fingerprint density at radius 3 is 2.55 bits per heavy atom. The molecule has 0 atom stereocenters. The monoisotopic (exact) mass is 458 g/mol. The normalized spacial score (nSPS) is 11.3. The average Bonchev–Trinajstić information content (AvgIpc) is 3.20. The Hall–Kier alpha value is -4.55. The number of alkyl halides is 3. The quantitative estimate of drug-likeness (QED) is 0.336. The van der Waals surface area contributed by atoms with Gasteiger partial charge in [-0.15, -0.1) is 10.2 Å². The molecule has 33 heavy (non-hydrogen) atoms. The molecule has 0 amide bonds. The predicted octanol–water partition coefficient (Wildman–Crippen LogP) is 3.99. The van der Waals surface area contributed by atoms with Gasteiger partial charge in [-0.2, -0.15) is 23.1 Å². The van der Waals surface area contributed by atoms with E-state index in [4.69, 9.17) is 20.9 Å². The average molecular weight is 458 g/mol. The second-order valence-corrected chi connectivity index (χ2v) is 6.68. The van der Waals surface area contributed by atoms with E-state index in [-0.39, 0.29) is 29.3 Å². The zero-order chi connectivity index (χ0) is 23.6. The van der Waals surface area contributed by atoms with Gasteiger partial charge in [-0.25, -0.2) is 0 Å². The third kappa shape index (κ3) is 5.03. The van der Waals surface area contributed by atoms with Gasteiger partial charge in [0.15, 0.2) is 5.82 Å². The second kappa shape index (κ2) is 8.53. The van der Waals surface area contributed by atoms with Gasteiger partial charge in [-0.05, 0) is 30.3 Å². The van der Waals surface area contributed by atoms with Crippen LogP contribution in [0.2, 0.25) is 0 Å². The molecule has 0 aliphatic rings. The van der Waals surface area contributed by atoms with Crippen molar-refractivity contribution in [3.63, 3.8) is 0 Å². The number of benzene rings is 2. The largest absolute Gasteiger partial charge is 0.496 e. The maximum absolute atomic E-state index is 12.9. The van der Waals surface area contributed by atoms with Crippen molar-refractivity contribution in [2.75, 3.05) is 23.9 Å². The summed E-state index contributed by atoms with van der Waals surface area (Å²) in [4.78, 5) is 10.6. The van der Waals surface area contributed by atoms with E-state index >= 15 is 0 Å². The molecule has 13 heteroatoms. The second-order valence-electron chi connectivity index (χ2n) is 6.68. The molecule has 0 unspecified atom stereocenters. The minimum absolute atomic E-state index is 0.0314. The molecule has 4 rings (SSSR count). The summed E-state index contributed by atoms with van der Waals surface area (Å²) in [5, 5.41) is 10.7. The van der Waals surface area contributed by atoms with Crippen LogP contribution in [0.4, 0.5) is 36.6 Å². The van der Waals surface area contributed by atoms with Gasteiger partial charge in [0.25, 0.3) is 0 Å². The maximum atomic E-state index is 12.9. The van der Waals surface area contributed by atoms with Gasteiger partial charge in [0.1, 0.15) is 17.3 Å². The summed E-state index contributed by atoms with van der Waals surface area (Å²) in [6.07, 6.45) is -4.45. The fraction of sp³-hybridized carbons (Fsp3) is 0.100. The number of hydrogen-bond acceptors (Lipinski definition) is 9.